The highest BCUT2D eigenvalue weighted by Gasteiger charge is 2.07. The van der Waals surface area contributed by atoms with Crippen molar-refractivity contribution in [2.75, 3.05) is 0 Å². The third-order valence-electron chi connectivity index (χ3n) is 1.45. The van der Waals surface area contributed by atoms with E-state index in [2.05, 4.69) is 0 Å². The van der Waals surface area contributed by atoms with Crippen molar-refractivity contribution in [3.05, 3.63) is 35.1 Å². The summed E-state index contributed by atoms with van der Waals surface area (Å²) in [7, 11) is -3.69. The number of benzene rings is 1. The van der Waals surface area contributed by atoms with Gasteiger partial charge in [-0.05, 0) is 23.8 Å². The Morgan fingerprint density at radius 3 is 2.57 bits per heavy atom. The predicted octanol–water partition coefficient (Wildman–Crippen LogP) is 0.486. The molecular weight excluding hydrogens is 207 g/mol. The molecule has 4 nitrogen and oxygen atoms in total. The lowest BCUT2D eigenvalue weighted by Gasteiger charge is -1.99. The normalized spacial score (nSPS) is 10.9. The zero-order valence-electron chi connectivity index (χ0n) is 7.07. The molecule has 0 unspecified atom stereocenters. The van der Waals surface area contributed by atoms with Crippen LogP contribution in [0.25, 0.3) is 0 Å². The van der Waals surface area contributed by atoms with Crippen molar-refractivity contribution in [1.29, 1.82) is 5.26 Å². The molecule has 74 valence electrons. The number of nitrogens with zero attached hydrogens (tertiary/aromatic N) is 1. The maximum Gasteiger partial charge on any atom is 0.213 e. The largest absolute Gasteiger partial charge is 0.228 e. The monoisotopic (exact) mass is 214 g/mol. The van der Waals surface area contributed by atoms with Crippen LogP contribution in [-0.2, 0) is 15.8 Å². The molecule has 0 radical (unpaired) electrons. The van der Waals surface area contributed by atoms with Crippen LogP contribution in [0.3, 0.4) is 0 Å². The summed E-state index contributed by atoms with van der Waals surface area (Å²) in [4.78, 5) is 0. The Labute approximate surface area is 80.8 Å². The molecule has 0 saturated heterocycles. The van der Waals surface area contributed by atoms with Gasteiger partial charge in [0.05, 0.1) is 17.4 Å². The third kappa shape index (κ3) is 3.12. The van der Waals surface area contributed by atoms with Crippen LogP contribution >= 0.6 is 0 Å². The Kier molecular flexibility index (Phi) is 2.84. The van der Waals surface area contributed by atoms with Crippen molar-refractivity contribution in [1.82, 2.24) is 0 Å². The van der Waals surface area contributed by atoms with Gasteiger partial charge >= 0.3 is 0 Å². The minimum absolute atomic E-state index is 0.0728. The molecule has 0 heterocycles. The summed E-state index contributed by atoms with van der Waals surface area (Å²) in [6.45, 7) is 0. The molecule has 0 bridgehead atoms. The van der Waals surface area contributed by atoms with Crippen molar-refractivity contribution in [2.45, 2.75) is 5.75 Å². The van der Waals surface area contributed by atoms with Crippen molar-refractivity contribution in [3.8, 4) is 6.07 Å². The van der Waals surface area contributed by atoms with Gasteiger partial charge in [0, 0.05) is 0 Å². The standard InChI is InChI=1S/C8H7FN2O2S/c9-8-2-6(4-10)1-7(3-8)5-14(11,12)13/h1-3H,5H2,(H2,11,12,13). The average molecular weight is 214 g/mol. The molecule has 0 aromatic heterocycles. The van der Waals surface area contributed by atoms with E-state index in [1.165, 1.54) is 6.07 Å². The molecule has 0 aliphatic carbocycles. The van der Waals surface area contributed by atoms with E-state index in [4.69, 9.17) is 10.4 Å². The van der Waals surface area contributed by atoms with E-state index in [0.717, 1.165) is 12.1 Å². The number of primary sulfonamides is 1. The van der Waals surface area contributed by atoms with Crippen LogP contribution in [0.5, 0.6) is 0 Å². The highest BCUT2D eigenvalue weighted by Crippen LogP contribution is 2.10. The second-order valence-electron chi connectivity index (χ2n) is 2.77. The zero-order valence-corrected chi connectivity index (χ0v) is 7.88. The molecule has 0 spiro atoms. The van der Waals surface area contributed by atoms with E-state index in [-0.39, 0.29) is 11.1 Å². The van der Waals surface area contributed by atoms with E-state index in [1.54, 1.807) is 6.07 Å². The highest BCUT2D eigenvalue weighted by molar-refractivity contribution is 7.88. The molecule has 6 heteroatoms. The fraction of sp³-hybridized carbons (Fsp3) is 0.125. The summed E-state index contributed by atoms with van der Waals surface area (Å²) in [6, 6.07) is 5.06. The van der Waals surface area contributed by atoms with Crippen LogP contribution in [0, 0.1) is 17.1 Å². The summed E-state index contributed by atoms with van der Waals surface area (Å²) in [5.74, 6) is -1.12. The molecule has 1 rings (SSSR count). The Morgan fingerprint density at radius 2 is 2.07 bits per heavy atom. The van der Waals surface area contributed by atoms with Crippen molar-refractivity contribution in [3.63, 3.8) is 0 Å². The second kappa shape index (κ2) is 3.74. The Bertz CT molecular complexity index is 491. The SMILES string of the molecule is N#Cc1cc(F)cc(CS(N)(=O)=O)c1. The Hall–Kier alpha value is -1.45. The predicted molar refractivity (Wildman–Crippen MR) is 47.9 cm³/mol. The Morgan fingerprint density at radius 1 is 1.43 bits per heavy atom. The van der Waals surface area contributed by atoms with Gasteiger partial charge in [-0.3, -0.25) is 0 Å². The minimum Gasteiger partial charge on any atom is -0.228 e. The van der Waals surface area contributed by atoms with Crippen LogP contribution in [-0.4, -0.2) is 8.42 Å². The van der Waals surface area contributed by atoms with E-state index < -0.39 is 21.6 Å². The minimum atomic E-state index is -3.69. The smallest absolute Gasteiger partial charge is 0.213 e. The topological polar surface area (TPSA) is 83.9 Å². The molecule has 1 aromatic rings. The van der Waals surface area contributed by atoms with E-state index in [9.17, 15) is 12.8 Å². The summed E-state index contributed by atoms with van der Waals surface area (Å²) in [6.07, 6.45) is 0. The van der Waals surface area contributed by atoms with Crippen LogP contribution in [0.1, 0.15) is 11.1 Å². The number of rotatable bonds is 2. The molecule has 0 aliphatic rings. The first-order chi connectivity index (χ1) is 6.40. The van der Waals surface area contributed by atoms with Gasteiger partial charge in [0.25, 0.3) is 0 Å². The van der Waals surface area contributed by atoms with Gasteiger partial charge in [-0.1, -0.05) is 0 Å². The third-order valence-corrected chi connectivity index (χ3v) is 2.19. The van der Waals surface area contributed by atoms with Crippen molar-refractivity contribution >= 4 is 10.0 Å². The number of nitriles is 1. The molecule has 0 atom stereocenters. The summed E-state index contributed by atoms with van der Waals surface area (Å²) in [5.41, 5.74) is 0.243. The summed E-state index contributed by atoms with van der Waals surface area (Å²) in [5, 5.41) is 13.3. The fourth-order valence-corrected chi connectivity index (χ4v) is 1.66. The Balaban J connectivity index is 3.12. The molecule has 1 aromatic carbocycles. The second-order valence-corrected chi connectivity index (χ2v) is 4.38. The molecule has 0 saturated carbocycles. The summed E-state index contributed by atoms with van der Waals surface area (Å²) >= 11 is 0. The van der Waals surface area contributed by atoms with Crippen LogP contribution in [0.4, 0.5) is 4.39 Å². The molecular formula is C8H7FN2O2S. The van der Waals surface area contributed by atoms with Crippen LogP contribution in [0.2, 0.25) is 0 Å². The lowest BCUT2D eigenvalue weighted by molar-refractivity contribution is 0.596. The lowest BCUT2D eigenvalue weighted by Crippen LogP contribution is -2.14. The quantitative estimate of drug-likeness (QED) is 0.777. The maximum absolute atomic E-state index is 12.8. The van der Waals surface area contributed by atoms with Crippen LogP contribution in [0.15, 0.2) is 18.2 Å². The first kappa shape index (κ1) is 10.6. The number of halogens is 1. The van der Waals surface area contributed by atoms with Gasteiger partial charge in [-0.2, -0.15) is 5.26 Å². The lowest BCUT2D eigenvalue weighted by atomic mass is 10.1. The number of nitrogens with two attached hydrogens (primary N) is 1. The van der Waals surface area contributed by atoms with Gasteiger partial charge in [0.1, 0.15) is 5.82 Å². The molecule has 0 fully saturated rings. The molecule has 14 heavy (non-hydrogen) atoms. The van der Waals surface area contributed by atoms with Gasteiger partial charge < -0.3 is 0 Å². The maximum atomic E-state index is 12.8. The van der Waals surface area contributed by atoms with Crippen molar-refractivity contribution < 1.29 is 12.8 Å². The number of hydrogen-bond acceptors (Lipinski definition) is 3. The van der Waals surface area contributed by atoms with E-state index >= 15 is 0 Å². The van der Waals surface area contributed by atoms with Gasteiger partial charge in [0.15, 0.2) is 0 Å². The van der Waals surface area contributed by atoms with Gasteiger partial charge in [-0.15, -0.1) is 0 Å². The average Bonchev–Trinajstić information content (AvgIpc) is 1.99. The molecule has 0 aliphatic heterocycles. The van der Waals surface area contributed by atoms with E-state index in [0.29, 0.717) is 0 Å². The number of sulfonamides is 1. The van der Waals surface area contributed by atoms with E-state index in [1.807, 2.05) is 0 Å². The zero-order chi connectivity index (χ0) is 10.8. The first-order valence-electron chi connectivity index (χ1n) is 3.61. The van der Waals surface area contributed by atoms with Crippen molar-refractivity contribution in [2.24, 2.45) is 5.14 Å². The van der Waals surface area contributed by atoms with Gasteiger partial charge in [0.2, 0.25) is 10.0 Å². The van der Waals surface area contributed by atoms with Crippen LogP contribution < -0.4 is 5.14 Å². The highest BCUT2D eigenvalue weighted by atomic mass is 32.2. The fourth-order valence-electron chi connectivity index (χ4n) is 1.03. The van der Waals surface area contributed by atoms with Gasteiger partial charge in [-0.25, -0.2) is 17.9 Å². The summed E-state index contributed by atoms with van der Waals surface area (Å²) < 4.78 is 34.2. The molecule has 0 amide bonds. The first-order valence-corrected chi connectivity index (χ1v) is 5.32. The number of hydrogen-bond donors (Lipinski definition) is 1. The molecule has 2 N–H and O–H groups in total.